The lowest BCUT2D eigenvalue weighted by molar-refractivity contribution is -0.139. The zero-order chi connectivity index (χ0) is 28.8. The fraction of sp³-hybridized carbons (Fsp3) is 0.842. The van der Waals surface area contributed by atoms with Crippen LogP contribution in [-0.2, 0) is 16.1 Å². The Morgan fingerprint density at radius 2 is 1.71 bits per heavy atom. The molecule has 1 aromatic rings. The predicted molar refractivity (Wildman–Crippen MR) is 170 cm³/mol. The number of nitrogens with zero attached hydrogens (tertiary/aromatic N) is 1. The molecular formula is C38H61NO2. The molecule has 4 aliphatic carbocycles. The minimum atomic E-state index is 0.449. The molecule has 12 atom stereocenters. The van der Waals surface area contributed by atoms with Crippen LogP contribution in [-0.4, -0.2) is 42.8 Å². The molecule has 1 aromatic carbocycles. The highest BCUT2D eigenvalue weighted by Crippen LogP contribution is 2.70. The molecule has 5 aliphatic rings. The number of hydrogen-bond acceptors (Lipinski definition) is 3. The summed E-state index contributed by atoms with van der Waals surface area (Å²) in [5, 5.41) is 0. The first kappa shape index (κ1) is 30.1. The highest BCUT2D eigenvalue weighted by molar-refractivity contribution is 5.15. The monoisotopic (exact) mass is 563 g/mol. The van der Waals surface area contributed by atoms with Gasteiger partial charge in [0.15, 0.2) is 0 Å². The standard InChI is InChI=1S/C38H61NO2/c1-7-39(8-2)24-26(3)14-17-34-27(4)36-35(41-34)23-33-31-16-15-29-22-30(40-25-28-12-10-9-11-13-28)18-20-37(29,5)32(31)19-21-38(33,36)6/h9-13,26-27,29-36H,7-8,14-25H2,1-6H3/t26-,27+,29+,30-,31+,32-,33-,34+,35-,36-,37-,38-/m0/s1. The Labute approximate surface area is 252 Å². The van der Waals surface area contributed by atoms with Crippen molar-refractivity contribution in [3.8, 4) is 0 Å². The van der Waals surface area contributed by atoms with Crippen molar-refractivity contribution in [1.82, 2.24) is 4.90 Å². The van der Waals surface area contributed by atoms with Gasteiger partial charge in [-0.05, 0) is 135 Å². The molecule has 0 unspecified atom stereocenters. The fourth-order valence-corrected chi connectivity index (χ4v) is 11.6. The van der Waals surface area contributed by atoms with Gasteiger partial charge in [0.1, 0.15) is 0 Å². The number of hydrogen-bond donors (Lipinski definition) is 0. The molecule has 0 spiro atoms. The second-order valence-electron chi connectivity index (χ2n) is 15.9. The van der Waals surface area contributed by atoms with Gasteiger partial charge >= 0.3 is 0 Å². The van der Waals surface area contributed by atoms with Crippen LogP contribution in [0, 0.1) is 52.3 Å². The van der Waals surface area contributed by atoms with E-state index in [4.69, 9.17) is 9.47 Å². The van der Waals surface area contributed by atoms with Crippen LogP contribution >= 0.6 is 0 Å². The molecule has 0 radical (unpaired) electrons. The summed E-state index contributed by atoms with van der Waals surface area (Å²) >= 11 is 0. The van der Waals surface area contributed by atoms with Crippen LogP contribution in [0.4, 0.5) is 0 Å². The average Bonchev–Trinajstić information content (AvgIpc) is 3.46. The van der Waals surface area contributed by atoms with Crippen molar-refractivity contribution < 1.29 is 9.47 Å². The van der Waals surface area contributed by atoms with Gasteiger partial charge in [0.2, 0.25) is 0 Å². The van der Waals surface area contributed by atoms with Gasteiger partial charge in [0, 0.05) is 6.54 Å². The van der Waals surface area contributed by atoms with Crippen molar-refractivity contribution in [2.45, 2.75) is 131 Å². The summed E-state index contributed by atoms with van der Waals surface area (Å²) in [4.78, 5) is 2.59. The van der Waals surface area contributed by atoms with Gasteiger partial charge in [0.25, 0.3) is 0 Å². The molecule has 3 heteroatoms. The Kier molecular flexibility index (Phi) is 9.00. The van der Waals surface area contributed by atoms with E-state index in [1.165, 1.54) is 89.4 Å². The lowest BCUT2D eigenvalue weighted by Crippen LogP contribution is -2.54. The van der Waals surface area contributed by atoms with Gasteiger partial charge < -0.3 is 14.4 Å². The Morgan fingerprint density at radius 3 is 2.46 bits per heavy atom. The highest BCUT2D eigenvalue weighted by Gasteiger charge is 2.65. The molecule has 0 bridgehead atoms. The van der Waals surface area contributed by atoms with Crippen LogP contribution in [0.15, 0.2) is 30.3 Å². The molecular weight excluding hydrogens is 502 g/mol. The van der Waals surface area contributed by atoms with E-state index in [1.807, 2.05) is 0 Å². The number of rotatable bonds is 10. The van der Waals surface area contributed by atoms with Crippen LogP contribution < -0.4 is 0 Å². The lowest BCUT2D eigenvalue weighted by atomic mass is 9.44. The molecule has 0 N–H and O–H groups in total. The molecule has 1 aliphatic heterocycles. The van der Waals surface area contributed by atoms with Crippen molar-refractivity contribution in [3.63, 3.8) is 0 Å². The van der Waals surface area contributed by atoms with Gasteiger partial charge in [-0.2, -0.15) is 0 Å². The molecule has 230 valence electrons. The Balaban J connectivity index is 1.06. The van der Waals surface area contributed by atoms with Gasteiger partial charge in [-0.3, -0.25) is 0 Å². The molecule has 3 nitrogen and oxygen atoms in total. The maximum atomic E-state index is 7.02. The summed E-state index contributed by atoms with van der Waals surface area (Å²) in [6.45, 7) is 19.4. The molecule has 1 heterocycles. The molecule has 0 aromatic heterocycles. The van der Waals surface area contributed by atoms with E-state index >= 15 is 0 Å². The van der Waals surface area contributed by atoms with Gasteiger partial charge in [0.05, 0.1) is 24.9 Å². The summed E-state index contributed by atoms with van der Waals surface area (Å²) < 4.78 is 13.5. The first-order chi connectivity index (χ1) is 19.8. The van der Waals surface area contributed by atoms with Crippen LogP contribution in [0.25, 0.3) is 0 Å². The maximum absolute atomic E-state index is 7.02. The van der Waals surface area contributed by atoms with Crippen molar-refractivity contribution in [1.29, 1.82) is 0 Å². The summed E-state index contributed by atoms with van der Waals surface area (Å²) in [5.74, 6) is 5.83. The van der Waals surface area contributed by atoms with Crippen LogP contribution in [0.2, 0.25) is 0 Å². The third kappa shape index (κ3) is 5.59. The molecule has 6 rings (SSSR count). The van der Waals surface area contributed by atoms with E-state index in [-0.39, 0.29) is 0 Å². The van der Waals surface area contributed by atoms with Crippen molar-refractivity contribution in [3.05, 3.63) is 35.9 Å². The second-order valence-corrected chi connectivity index (χ2v) is 15.9. The summed E-state index contributed by atoms with van der Waals surface area (Å²) in [6.07, 6.45) is 15.1. The Hall–Kier alpha value is -0.900. The largest absolute Gasteiger partial charge is 0.374 e. The van der Waals surface area contributed by atoms with E-state index in [1.54, 1.807) is 0 Å². The lowest BCUT2D eigenvalue weighted by Gasteiger charge is -2.61. The minimum absolute atomic E-state index is 0.449. The van der Waals surface area contributed by atoms with Crippen molar-refractivity contribution in [2.75, 3.05) is 19.6 Å². The van der Waals surface area contributed by atoms with Crippen LogP contribution in [0.3, 0.4) is 0 Å². The first-order valence-corrected chi connectivity index (χ1v) is 17.8. The number of fused-ring (bicyclic) bond motifs is 7. The average molecular weight is 564 g/mol. The van der Waals surface area contributed by atoms with Gasteiger partial charge in [-0.15, -0.1) is 0 Å². The fourth-order valence-electron chi connectivity index (χ4n) is 11.6. The third-order valence-corrected chi connectivity index (χ3v) is 13.9. The Bertz CT molecular complexity index is 993. The minimum Gasteiger partial charge on any atom is -0.374 e. The molecule has 41 heavy (non-hydrogen) atoms. The third-order valence-electron chi connectivity index (χ3n) is 13.9. The van der Waals surface area contributed by atoms with E-state index in [9.17, 15) is 0 Å². The van der Waals surface area contributed by atoms with E-state index in [0.717, 1.165) is 48.0 Å². The number of benzene rings is 1. The summed E-state index contributed by atoms with van der Waals surface area (Å²) in [7, 11) is 0. The normalized spacial score (nSPS) is 44.2. The SMILES string of the molecule is CCN(CC)C[C@@H](C)CC[C@H]1O[C@H]2C[C@H]3[C@@H]4CC[C@@H]5C[C@@H](OCc6ccccc6)CC[C@]5(C)[C@H]4CC[C@]3(C)[C@H]2[C@@H]1C. The zero-order valence-electron chi connectivity index (χ0n) is 27.3. The second kappa shape index (κ2) is 12.2. The van der Waals surface area contributed by atoms with E-state index in [2.05, 4.69) is 76.8 Å². The molecule has 4 saturated carbocycles. The summed E-state index contributed by atoms with van der Waals surface area (Å²) in [5.41, 5.74) is 2.33. The topological polar surface area (TPSA) is 21.7 Å². The Morgan fingerprint density at radius 1 is 0.951 bits per heavy atom. The quantitative estimate of drug-likeness (QED) is 0.283. The molecule has 5 fully saturated rings. The van der Waals surface area contributed by atoms with Crippen LogP contribution in [0.1, 0.15) is 111 Å². The smallest absolute Gasteiger partial charge is 0.0720 e. The number of ether oxygens (including phenoxy) is 2. The molecule has 0 amide bonds. The highest BCUT2D eigenvalue weighted by atomic mass is 16.5. The van der Waals surface area contributed by atoms with Crippen molar-refractivity contribution in [2.24, 2.45) is 52.3 Å². The van der Waals surface area contributed by atoms with Crippen LogP contribution in [0.5, 0.6) is 0 Å². The van der Waals surface area contributed by atoms with E-state index in [0.29, 0.717) is 29.1 Å². The maximum Gasteiger partial charge on any atom is 0.0720 e. The predicted octanol–water partition coefficient (Wildman–Crippen LogP) is 9.00. The van der Waals surface area contributed by atoms with Gasteiger partial charge in [-0.25, -0.2) is 0 Å². The summed E-state index contributed by atoms with van der Waals surface area (Å²) in [6, 6.07) is 10.8. The first-order valence-electron chi connectivity index (χ1n) is 17.8. The molecule has 1 saturated heterocycles. The zero-order valence-corrected chi connectivity index (χ0v) is 27.3. The van der Waals surface area contributed by atoms with Gasteiger partial charge in [-0.1, -0.05) is 71.9 Å². The van der Waals surface area contributed by atoms with Crippen molar-refractivity contribution >= 4 is 0 Å². The van der Waals surface area contributed by atoms with E-state index < -0.39 is 0 Å².